The zero-order valence-electron chi connectivity index (χ0n) is 17.6. The maximum absolute atomic E-state index is 13.5. The van der Waals surface area contributed by atoms with Crippen LogP contribution in [0, 0.1) is 12.7 Å². The second-order valence-corrected chi connectivity index (χ2v) is 8.21. The highest BCUT2D eigenvalue weighted by Gasteiger charge is 2.18. The van der Waals surface area contributed by atoms with Crippen molar-refractivity contribution in [2.45, 2.75) is 33.1 Å². The van der Waals surface area contributed by atoms with Gasteiger partial charge in [0.1, 0.15) is 10.8 Å². The summed E-state index contributed by atoms with van der Waals surface area (Å²) in [6.45, 7) is 4.79. The molecule has 0 spiro atoms. The SMILES string of the molecule is CCCCN(CCC(=O)Nc1nnc(-c2ccc(C)cc2)s1)C(=O)c1cccc(F)c1. The average Bonchev–Trinajstić information content (AvgIpc) is 3.22. The number of unbranched alkanes of at least 4 members (excludes halogenated alkanes) is 1. The van der Waals surface area contributed by atoms with E-state index in [4.69, 9.17) is 0 Å². The Morgan fingerprint density at radius 1 is 1.10 bits per heavy atom. The molecular weight excluding hydrogens is 415 g/mol. The average molecular weight is 441 g/mol. The van der Waals surface area contributed by atoms with Crippen LogP contribution in [0.1, 0.15) is 42.1 Å². The van der Waals surface area contributed by atoms with E-state index in [1.54, 1.807) is 11.0 Å². The van der Waals surface area contributed by atoms with Crippen molar-refractivity contribution in [2.24, 2.45) is 0 Å². The van der Waals surface area contributed by atoms with Crippen molar-refractivity contribution in [3.63, 3.8) is 0 Å². The molecule has 0 aliphatic rings. The van der Waals surface area contributed by atoms with Gasteiger partial charge in [0.2, 0.25) is 11.0 Å². The number of benzene rings is 2. The maximum atomic E-state index is 13.5. The van der Waals surface area contributed by atoms with Crippen LogP contribution in [0.2, 0.25) is 0 Å². The smallest absolute Gasteiger partial charge is 0.253 e. The molecule has 3 aromatic rings. The number of aromatic nitrogens is 2. The zero-order valence-corrected chi connectivity index (χ0v) is 18.4. The molecule has 0 aliphatic heterocycles. The molecule has 162 valence electrons. The minimum absolute atomic E-state index is 0.115. The lowest BCUT2D eigenvalue weighted by Crippen LogP contribution is -2.34. The van der Waals surface area contributed by atoms with Crippen molar-refractivity contribution in [3.05, 3.63) is 65.5 Å². The molecule has 3 rings (SSSR count). The van der Waals surface area contributed by atoms with Gasteiger partial charge in [-0.2, -0.15) is 0 Å². The Balaban J connectivity index is 1.59. The lowest BCUT2D eigenvalue weighted by molar-refractivity contribution is -0.116. The number of nitrogens with zero attached hydrogens (tertiary/aromatic N) is 3. The van der Waals surface area contributed by atoms with Crippen LogP contribution in [0.4, 0.5) is 9.52 Å². The van der Waals surface area contributed by atoms with Crippen LogP contribution in [0.5, 0.6) is 0 Å². The Morgan fingerprint density at radius 3 is 2.58 bits per heavy atom. The Morgan fingerprint density at radius 2 is 1.87 bits per heavy atom. The van der Waals surface area contributed by atoms with Crippen LogP contribution in [0.25, 0.3) is 10.6 Å². The van der Waals surface area contributed by atoms with Gasteiger partial charge in [0.15, 0.2) is 0 Å². The van der Waals surface area contributed by atoms with Gasteiger partial charge in [-0.3, -0.25) is 9.59 Å². The summed E-state index contributed by atoms with van der Waals surface area (Å²) in [6.07, 6.45) is 1.83. The zero-order chi connectivity index (χ0) is 22.2. The van der Waals surface area contributed by atoms with Gasteiger partial charge in [-0.15, -0.1) is 10.2 Å². The van der Waals surface area contributed by atoms with E-state index in [1.807, 2.05) is 38.1 Å². The van der Waals surface area contributed by atoms with Gasteiger partial charge in [0, 0.05) is 30.6 Å². The number of carbonyl (C=O) groups is 2. The van der Waals surface area contributed by atoms with Crippen LogP contribution in [0.3, 0.4) is 0 Å². The number of halogens is 1. The van der Waals surface area contributed by atoms with Gasteiger partial charge in [0.25, 0.3) is 5.91 Å². The first-order valence-electron chi connectivity index (χ1n) is 10.2. The quantitative estimate of drug-likeness (QED) is 0.512. The standard InChI is InChI=1S/C23H25FN4O2S/c1-3-4-13-28(22(30)18-6-5-7-19(24)15-18)14-12-20(29)25-23-27-26-21(31-23)17-10-8-16(2)9-11-17/h5-11,15H,3-4,12-14H2,1-2H3,(H,25,27,29). The summed E-state index contributed by atoms with van der Waals surface area (Å²) in [7, 11) is 0. The summed E-state index contributed by atoms with van der Waals surface area (Å²) in [5.41, 5.74) is 2.38. The van der Waals surface area contributed by atoms with Gasteiger partial charge < -0.3 is 10.2 Å². The van der Waals surface area contributed by atoms with E-state index < -0.39 is 5.82 Å². The number of hydrogen-bond donors (Lipinski definition) is 1. The van der Waals surface area contributed by atoms with E-state index in [0.29, 0.717) is 11.7 Å². The monoisotopic (exact) mass is 440 g/mol. The molecule has 8 heteroatoms. The molecule has 6 nitrogen and oxygen atoms in total. The van der Waals surface area contributed by atoms with Crippen LogP contribution >= 0.6 is 11.3 Å². The number of anilines is 1. The second-order valence-electron chi connectivity index (χ2n) is 7.23. The molecular formula is C23H25FN4O2S. The lowest BCUT2D eigenvalue weighted by Gasteiger charge is -2.22. The highest BCUT2D eigenvalue weighted by atomic mass is 32.1. The fourth-order valence-electron chi connectivity index (χ4n) is 2.97. The Kier molecular flexibility index (Phi) is 7.83. The molecule has 0 saturated carbocycles. The Labute approximate surface area is 185 Å². The molecule has 0 unspecified atom stereocenters. The molecule has 31 heavy (non-hydrogen) atoms. The summed E-state index contributed by atoms with van der Waals surface area (Å²) in [4.78, 5) is 26.8. The lowest BCUT2D eigenvalue weighted by atomic mass is 10.1. The normalized spacial score (nSPS) is 10.7. The van der Waals surface area contributed by atoms with E-state index in [9.17, 15) is 14.0 Å². The Hall–Kier alpha value is -3.13. The molecule has 0 atom stereocenters. The van der Waals surface area contributed by atoms with Gasteiger partial charge in [-0.05, 0) is 31.5 Å². The highest BCUT2D eigenvalue weighted by Crippen LogP contribution is 2.26. The number of aryl methyl sites for hydroxylation is 1. The van der Waals surface area contributed by atoms with E-state index >= 15 is 0 Å². The molecule has 0 fully saturated rings. The highest BCUT2D eigenvalue weighted by molar-refractivity contribution is 7.18. The topological polar surface area (TPSA) is 75.2 Å². The number of rotatable bonds is 9. The summed E-state index contributed by atoms with van der Waals surface area (Å²) in [6, 6.07) is 13.5. The van der Waals surface area contributed by atoms with E-state index in [0.717, 1.165) is 29.0 Å². The predicted molar refractivity (Wildman–Crippen MR) is 121 cm³/mol. The fraction of sp³-hybridized carbons (Fsp3) is 0.304. The number of nitrogens with one attached hydrogen (secondary N) is 1. The number of amides is 2. The van der Waals surface area contributed by atoms with E-state index in [1.165, 1.54) is 29.5 Å². The van der Waals surface area contributed by atoms with Crippen LogP contribution < -0.4 is 5.32 Å². The van der Waals surface area contributed by atoms with Crippen molar-refractivity contribution < 1.29 is 14.0 Å². The van der Waals surface area contributed by atoms with Crippen LogP contribution in [0.15, 0.2) is 48.5 Å². The molecule has 2 amide bonds. The van der Waals surface area contributed by atoms with E-state index in [-0.39, 0.29) is 30.3 Å². The van der Waals surface area contributed by atoms with Crippen molar-refractivity contribution in [3.8, 4) is 10.6 Å². The van der Waals surface area contributed by atoms with Crippen LogP contribution in [-0.2, 0) is 4.79 Å². The first-order chi connectivity index (χ1) is 15.0. The summed E-state index contributed by atoms with van der Waals surface area (Å²) in [5, 5.41) is 12.1. The van der Waals surface area contributed by atoms with Gasteiger partial charge in [-0.25, -0.2) is 4.39 Å². The van der Waals surface area contributed by atoms with Crippen molar-refractivity contribution in [1.82, 2.24) is 15.1 Å². The third-order valence-electron chi connectivity index (χ3n) is 4.72. The van der Waals surface area contributed by atoms with Gasteiger partial charge in [0.05, 0.1) is 0 Å². The maximum Gasteiger partial charge on any atom is 0.253 e. The number of carbonyl (C=O) groups excluding carboxylic acids is 2. The largest absolute Gasteiger partial charge is 0.338 e. The third kappa shape index (κ3) is 6.42. The fourth-order valence-corrected chi connectivity index (χ4v) is 3.74. The minimum Gasteiger partial charge on any atom is -0.338 e. The van der Waals surface area contributed by atoms with E-state index in [2.05, 4.69) is 15.5 Å². The van der Waals surface area contributed by atoms with Gasteiger partial charge in [-0.1, -0.05) is 60.6 Å². The van der Waals surface area contributed by atoms with Gasteiger partial charge >= 0.3 is 0 Å². The third-order valence-corrected chi connectivity index (χ3v) is 5.61. The first kappa shape index (κ1) is 22.6. The van der Waals surface area contributed by atoms with Crippen LogP contribution in [-0.4, -0.2) is 40.0 Å². The molecule has 1 aromatic heterocycles. The predicted octanol–water partition coefficient (Wildman–Crippen LogP) is 4.92. The molecule has 0 saturated heterocycles. The molecule has 1 N–H and O–H groups in total. The summed E-state index contributed by atoms with van der Waals surface area (Å²) in [5.74, 6) is -0.988. The molecule has 0 radical (unpaired) electrons. The van der Waals surface area contributed by atoms with Crippen molar-refractivity contribution in [2.75, 3.05) is 18.4 Å². The summed E-state index contributed by atoms with van der Waals surface area (Å²) >= 11 is 1.30. The number of hydrogen-bond acceptors (Lipinski definition) is 5. The minimum atomic E-state index is -0.459. The second kappa shape index (κ2) is 10.8. The molecule has 1 heterocycles. The van der Waals surface area contributed by atoms with Crippen molar-refractivity contribution >= 4 is 28.3 Å². The molecule has 2 aromatic carbocycles. The summed E-state index contributed by atoms with van der Waals surface area (Å²) < 4.78 is 13.5. The molecule has 0 bridgehead atoms. The van der Waals surface area contributed by atoms with Crippen molar-refractivity contribution in [1.29, 1.82) is 0 Å². The Bertz CT molecular complexity index is 1040. The molecule has 0 aliphatic carbocycles. The first-order valence-corrected chi connectivity index (χ1v) is 11.0.